The predicted molar refractivity (Wildman–Crippen MR) is 113 cm³/mol. The first-order valence-electron chi connectivity index (χ1n) is 10.5. The van der Waals surface area contributed by atoms with Gasteiger partial charge in [0.05, 0.1) is 11.6 Å². The second-order valence-corrected chi connectivity index (χ2v) is 9.08. The number of hydrogen-bond donors (Lipinski definition) is 0. The minimum Gasteiger partial charge on any atom is -0.461 e. The van der Waals surface area contributed by atoms with Crippen LogP contribution in [0.15, 0.2) is 27.6 Å². The molecule has 1 fully saturated rings. The van der Waals surface area contributed by atoms with Gasteiger partial charge in [-0.15, -0.1) is 16.4 Å². The maximum absolute atomic E-state index is 13.4. The quantitative estimate of drug-likeness (QED) is 0.506. The van der Waals surface area contributed by atoms with Crippen molar-refractivity contribution in [2.24, 2.45) is 0 Å². The molecule has 0 N–H and O–H groups in total. The van der Waals surface area contributed by atoms with Gasteiger partial charge in [0.15, 0.2) is 11.4 Å². The monoisotopic (exact) mass is 423 g/mol. The van der Waals surface area contributed by atoms with Gasteiger partial charge in [0.1, 0.15) is 11.4 Å². The van der Waals surface area contributed by atoms with E-state index in [0.29, 0.717) is 17.2 Å². The average Bonchev–Trinajstić information content (AvgIpc) is 3.54. The summed E-state index contributed by atoms with van der Waals surface area (Å²) in [7, 11) is 0. The Kier molecular flexibility index (Phi) is 4.05. The van der Waals surface area contributed by atoms with Crippen molar-refractivity contribution >= 4 is 33.1 Å². The van der Waals surface area contributed by atoms with Crippen LogP contribution in [0.25, 0.3) is 27.4 Å². The number of furan rings is 1. The molecule has 0 radical (unpaired) electrons. The summed E-state index contributed by atoms with van der Waals surface area (Å²) in [5.74, 6) is 0.905. The van der Waals surface area contributed by atoms with Crippen molar-refractivity contribution in [2.75, 3.05) is 13.1 Å². The molecule has 9 heteroatoms. The van der Waals surface area contributed by atoms with Crippen molar-refractivity contribution in [1.82, 2.24) is 24.1 Å². The third-order valence-electron chi connectivity index (χ3n) is 6.13. The lowest BCUT2D eigenvalue weighted by molar-refractivity contribution is -0.132. The van der Waals surface area contributed by atoms with Crippen LogP contribution in [-0.4, -0.2) is 43.1 Å². The number of carbonyl (C=O) groups excluding carboxylic acids is 1. The normalized spacial score (nSPS) is 16.6. The van der Waals surface area contributed by atoms with Crippen molar-refractivity contribution < 1.29 is 9.21 Å². The number of aryl methyl sites for hydroxylation is 2. The Morgan fingerprint density at radius 1 is 1.17 bits per heavy atom. The predicted octanol–water partition coefficient (Wildman–Crippen LogP) is 2.87. The molecule has 0 unspecified atom stereocenters. The molecule has 1 amide bonds. The Morgan fingerprint density at radius 3 is 2.83 bits per heavy atom. The third kappa shape index (κ3) is 2.64. The number of amides is 1. The Balaban J connectivity index is 1.55. The Hall–Kier alpha value is -2.94. The molecule has 0 bridgehead atoms. The van der Waals surface area contributed by atoms with Crippen LogP contribution in [-0.2, 0) is 24.2 Å². The van der Waals surface area contributed by atoms with Crippen LogP contribution in [0.4, 0.5) is 0 Å². The highest BCUT2D eigenvalue weighted by molar-refractivity contribution is 7.19. The van der Waals surface area contributed by atoms with E-state index < -0.39 is 0 Å². The van der Waals surface area contributed by atoms with Gasteiger partial charge >= 0.3 is 5.69 Å². The van der Waals surface area contributed by atoms with Gasteiger partial charge in [-0.3, -0.25) is 9.36 Å². The lowest BCUT2D eigenvalue weighted by Crippen LogP contribution is -2.40. The molecule has 4 aromatic rings. The molecule has 30 heavy (non-hydrogen) atoms. The SMILES string of the molecule is O=C(Cn1c(=O)n2nc(-c3ccco3)nc2c2c3c(sc21)CCC3)N1CCCCC1. The Morgan fingerprint density at radius 2 is 2.03 bits per heavy atom. The fourth-order valence-electron chi connectivity index (χ4n) is 4.65. The zero-order chi connectivity index (χ0) is 20.2. The lowest BCUT2D eigenvalue weighted by Gasteiger charge is -2.27. The van der Waals surface area contributed by atoms with Crippen molar-refractivity contribution in [3.63, 3.8) is 0 Å². The summed E-state index contributed by atoms with van der Waals surface area (Å²) in [6, 6.07) is 3.55. The molecule has 8 nitrogen and oxygen atoms in total. The highest BCUT2D eigenvalue weighted by Gasteiger charge is 2.27. The molecule has 1 aliphatic carbocycles. The van der Waals surface area contributed by atoms with Gasteiger partial charge in [-0.2, -0.15) is 4.52 Å². The van der Waals surface area contributed by atoms with Crippen LogP contribution >= 0.6 is 11.3 Å². The number of piperidine rings is 1. The maximum Gasteiger partial charge on any atom is 0.352 e. The molecule has 6 rings (SSSR count). The third-order valence-corrected chi connectivity index (χ3v) is 7.45. The van der Waals surface area contributed by atoms with Crippen LogP contribution < -0.4 is 5.69 Å². The summed E-state index contributed by atoms with van der Waals surface area (Å²) in [6.45, 7) is 1.58. The number of thiophene rings is 1. The van der Waals surface area contributed by atoms with E-state index in [9.17, 15) is 9.59 Å². The first-order chi connectivity index (χ1) is 14.7. The molecule has 4 aromatic heterocycles. The molecule has 0 aromatic carbocycles. The van der Waals surface area contributed by atoms with E-state index >= 15 is 0 Å². The standard InChI is InChI=1S/C21H21N5O3S/c27-16(24-9-2-1-3-10-24)12-25-20-17(13-6-4-8-15(13)30-20)19-22-18(14-7-5-11-29-14)23-26(19)21(25)28/h5,7,11H,1-4,6,8-10,12H2. The zero-order valence-electron chi connectivity index (χ0n) is 16.5. The molecule has 154 valence electrons. The van der Waals surface area contributed by atoms with E-state index in [0.717, 1.165) is 61.8 Å². The minimum absolute atomic E-state index is 0.00242. The van der Waals surface area contributed by atoms with Gasteiger partial charge in [0.2, 0.25) is 11.7 Å². The maximum atomic E-state index is 13.4. The molecule has 1 saturated heterocycles. The van der Waals surface area contributed by atoms with E-state index in [1.54, 1.807) is 34.3 Å². The van der Waals surface area contributed by atoms with Crippen LogP contribution in [0.5, 0.6) is 0 Å². The molecule has 2 aliphatic rings. The number of carbonyl (C=O) groups is 1. The number of aromatic nitrogens is 4. The van der Waals surface area contributed by atoms with E-state index in [-0.39, 0.29) is 18.1 Å². The Bertz CT molecular complexity index is 1320. The van der Waals surface area contributed by atoms with Gasteiger partial charge in [-0.25, -0.2) is 9.78 Å². The summed E-state index contributed by atoms with van der Waals surface area (Å²) in [4.78, 5) is 35.0. The van der Waals surface area contributed by atoms with Gasteiger partial charge < -0.3 is 9.32 Å². The summed E-state index contributed by atoms with van der Waals surface area (Å²) in [6.07, 6.45) is 7.85. The number of fused-ring (bicyclic) bond motifs is 5. The van der Waals surface area contributed by atoms with Crippen LogP contribution in [0, 0.1) is 0 Å². The summed E-state index contributed by atoms with van der Waals surface area (Å²) in [5, 5.41) is 5.41. The highest BCUT2D eigenvalue weighted by Crippen LogP contribution is 2.38. The van der Waals surface area contributed by atoms with E-state index in [4.69, 9.17) is 4.42 Å². The topological polar surface area (TPSA) is 85.6 Å². The summed E-state index contributed by atoms with van der Waals surface area (Å²) < 4.78 is 8.39. The van der Waals surface area contributed by atoms with Gasteiger partial charge in [0.25, 0.3) is 0 Å². The molecular formula is C21H21N5O3S. The largest absolute Gasteiger partial charge is 0.461 e. The average molecular weight is 423 g/mol. The molecule has 1 aliphatic heterocycles. The molecule has 0 atom stereocenters. The van der Waals surface area contributed by atoms with Gasteiger partial charge in [-0.05, 0) is 56.2 Å². The van der Waals surface area contributed by atoms with Crippen LogP contribution in [0.2, 0.25) is 0 Å². The lowest BCUT2D eigenvalue weighted by atomic mass is 10.1. The van der Waals surface area contributed by atoms with Crippen molar-refractivity contribution in [3.05, 3.63) is 39.3 Å². The van der Waals surface area contributed by atoms with E-state index in [1.807, 2.05) is 4.90 Å². The second-order valence-electron chi connectivity index (χ2n) is 8.00. The number of likely N-dealkylation sites (tertiary alicyclic amines) is 1. The fraction of sp³-hybridized carbons (Fsp3) is 0.429. The van der Waals surface area contributed by atoms with Crippen molar-refractivity contribution in [2.45, 2.75) is 45.1 Å². The molecule has 0 saturated carbocycles. The number of nitrogens with zero attached hydrogens (tertiary/aromatic N) is 5. The molecule has 0 spiro atoms. The van der Waals surface area contributed by atoms with E-state index in [2.05, 4.69) is 10.1 Å². The fourth-order valence-corrected chi connectivity index (χ4v) is 6.02. The highest BCUT2D eigenvalue weighted by atomic mass is 32.1. The van der Waals surface area contributed by atoms with Crippen molar-refractivity contribution in [1.29, 1.82) is 0 Å². The second kappa shape index (κ2) is 6.80. The summed E-state index contributed by atoms with van der Waals surface area (Å²) in [5.41, 5.74) is 1.48. The summed E-state index contributed by atoms with van der Waals surface area (Å²) >= 11 is 1.63. The first-order valence-corrected chi connectivity index (χ1v) is 11.3. The first kappa shape index (κ1) is 17.9. The minimum atomic E-state index is -0.326. The molecule has 5 heterocycles. The number of rotatable bonds is 3. The van der Waals surface area contributed by atoms with Crippen LogP contribution in [0.1, 0.15) is 36.1 Å². The number of hydrogen-bond acceptors (Lipinski definition) is 6. The van der Waals surface area contributed by atoms with Gasteiger partial charge in [0, 0.05) is 18.0 Å². The molecular weight excluding hydrogens is 402 g/mol. The smallest absolute Gasteiger partial charge is 0.352 e. The van der Waals surface area contributed by atoms with Crippen molar-refractivity contribution in [3.8, 4) is 11.6 Å². The van der Waals surface area contributed by atoms with Gasteiger partial charge in [-0.1, -0.05) is 0 Å². The van der Waals surface area contributed by atoms with E-state index in [1.165, 1.54) is 15.0 Å². The zero-order valence-corrected chi connectivity index (χ0v) is 17.3. The van der Waals surface area contributed by atoms with Crippen LogP contribution in [0.3, 0.4) is 0 Å². The Labute approximate surface area is 175 Å².